The second kappa shape index (κ2) is 6.69. The van der Waals surface area contributed by atoms with E-state index in [-0.39, 0.29) is 17.9 Å². The highest BCUT2D eigenvalue weighted by molar-refractivity contribution is 5.92. The van der Waals surface area contributed by atoms with Crippen molar-refractivity contribution < 1.29 is 4.79 Å². The lowest BCUT2D eigenvalue weighted by molar-refractivity contribution is -0.120. The molecule has 0 saturated heterocycles. The van der Waals surface area contributed by atoms with E-state index in [4.69, 9.17) is 5.73 Å². The summed E-state index contributed by atoms with van der Waals surface area (Å²) in [5.41, 5.74) is 9.86. The molecule has 1 amide bonds. The van der Waals surface area contributed by atoms with E-state index < -0.39 is 0 Å². The standard InChI is InChI=1S/C20H22N4O/c21-15-5-3-4-14(12-15)20(25)23-16-8-10-17(11-9-16)24-13-22-18-6-1-2-7-19(18)24/h1-2,6-11,13-15H,3-5,12,21H2,(H,23,25). The van der Waals surface area contributed by atoms with Crippen LogP contribution in [0.5, 0.6) is 0 Å². The van der Waals surface area contributed by atoms with Crippen molar-refractivity contribution in [1.29, 1.82) is 0 Å². The number of hydrogen-bond acceptors (Lipinski definition) is 3. The molecule has 1 saturated carbocycles. The molecule has 1 heterocycles. The second-order valence-electron chi connectivity index (χ2n) is 6.76. The molecule has 4 rings (SSSR count). The van der Waals surface area contributed by atoms with Crippen molar-refractivity contribution in [3.05, 3.63) is 54.9 Å². The van der Waals surface area contributed by atoms with Crippen LogP contribution in [-0.4, -0.2) is 21.5 Å². The van der Waals surface area contributed by atoms with Crippen LogP contribution < -0.4 is 11.1 Å². The van der Waals surface area contributed by atoms with E-state index in [1.807, 2.05) is 59.4 Å². The number of benzene rings is 2. The van der Waals surface area contributed by atoms with Gasteiger partial charge < -0.3 is 11.1 Å². The molecular weight excluding hydrogens is 312 g/mol. The van der Waals surface area contributed by atoms with Crippen LogP contribution in [0.1, 0.15) is 25.7 Å². The third kappa shape index (κ3) is 3.28. The van der Waals surface area contributed by atoms with Crippen molar-refractivity contribution in [3.8, 4) is 5.69 Å². The smallest absolute Gasteiger partial charge is 0.227 e. The summed E-state index contributed by atoms with van der Waals surface area (Å²) in [5.74, 6) is 0.108. The Kier molecular flexibility index (Phi) is 4.24. The lowest BCUT2D eigenvalue weighted by atomic mass is 9.85. The zero-order valence-corrected chi connectivity index (χ0v) is 14.1. The molecule has 1 fully saturated rings. The summed E-state index contributed by atoms with van der Waals surface area (Å²) in [5, 5.41) is 3.02. The van der Waals surface area contributed by atoms with Crippen LogP contribution in [0.2, 0.25) is 0 Å². The Hall–Kier alpha value is -2.66. The molecule has 1 aliphatic carbocycles. The van der Waals surface area contributed by atoms with E-state index in [0.717, 1.165) is 48.1 Å². The van der Waals surface area contributed by atoms with Crippen molar-refractivity contribution in [3.63, 3.8) is 0 Å². The maximum atomic E-state index is 12.4. The van der Waals surface area contributed by atoms with Crippen LogP contribution >= 0.6 is 0 Å². The topological polar surface area (TPSA) is 72.9 Å². The van der Waals surface area contributed by atoms with Crippen molar-refractivity contribution in [2.75, 3.05) is 5.32 Å². The first-order chi connectivity index (χ1) is 12.2. The lowest BCUT2D eigenvalue weighted by Crippen LogP contribution is -2.34. The summed E-state index contributed by atoms with van der Waals surface area (Å²) >= 11 is 0. The fraction of sp³-hybridized carbons (Fsp3) is 0.300. The number of carbonyl (C=O) groups is 1. The van der Waals surface area contributed by atoms with Gasteiger partial charge >= 0.3 is 0 Å². The second-order valence-corrected chi connectivity index (χ2v) is 6.76. The van der Waals surface area contributed by atoms with Gasteiger partial charge in [-0.15, -0.1) is 0 Å². The van der Waals surface area contributed by atoms with Crippen LogP contribution in [-0.2, 0) is 4.79 Å². The van der Waals surface area contributed by atoms with Crippen LogP contribution in [0.25, 0.3) is 16.7 Å². The van der Waals surface area contributed by atoms with Crippen LogP contribution in [0, 0.1) is 5.92 Å². The van der Waals surface area contributed by atoms with Gasteiger partial charge in [0.15, 0.2) is 0 Å². The van der Waals surface area contributed by atoms with Gasteiger partial charge in [0.1, 0.15) is 6.33 Å². The predicted molar refractivity (Wildman–Crippen MR) is 99.6 cm³/mol. The first kappa shape index (κ1) is 15.8. The summed E-state index contributed by atoms with van der Waals surface area (Å²) in [6.07, 6.45) is 5.59. The third-order valence-electron chi connectivity index (χ3n) is 4.95. The quantitative estimate of drug-likeness (QED) is 0.770. The Morgan fingerprint density at radius 3 is 2.72 bits per heavy atom. The fourth-order valence-electron chi connectivity index (χ4n) is 3.58. The summed E-state index contributed by atoms with van der Waals surface area (Å²) in [6.45, 7) is 0. The number of rotatable bonds is 3. The van der Waals surface area contributed by atoms with Gasteiger partial charge in [-0.2, -0.15) is 0 Å². The first-order valence-corrected chi connectivity index (χ1v) is 8.80. The Bertz CT molecular complexity index is 884. The third-order valence-corrected chi connectivity index (χ3v) is 4.95. The number of nitrogens with two attached hydrogens (primary N) is 1. The van der Waals surface area contributed by atoms with Crippen molar-refractivity contribution in [2.45, 2.75) is 31.7 Å². The van der Waals surface area contributed by atoms with E-state index in [2.05, 4.69) is 10.3 Å². The van der Waals surface area contributed by atoms with Crippen molar-refractivity contribution in [2.24, 2.45) is 11.7 Å². The maximum absolute atomic E-state index is 12.4. The van der Waals surface area contributed by atoms with E-state index in [9.17, 15) is 4.79 Å². The number of nitrogens with one attached hydrogen (secondary N) is 1. The largest absolute Gasteiger partial charge is 0.328 e. The molecule has 1 aromatic heterocycles. The molecule has 2 atom stereocenters. The first-order valence-electron chi connectivity index (χ1n) is 8.80. The number of aromatic nitrogens is 2. The van der Waals surface area contributed by atoms with Gasteiger partial charge in [-0.25, -0.2) is 4.98 Å². The van der Waals surface area contributed by atoms with Gasteiger partial charge in [-0.1, -0.05) is 18.6 Å². The molecule has 3 aromatic rings. The summed E-state index contributed by atoms with van der Waals surface area (Å²) in [4.78, 5) is 16.8. The monoisotopic (exact) mass is 334 g/mol. The van der Waals surface area contributed by atoms with Crippen molar-refractivity contribution >= 4 is 22.6 Å². The van der Waals surface area contributed by atoms with Gasteiger partial charge in [-0.3, -0.25) is 9.36 Å². The van der Waals surface area contributed by atoms with E-state index in [1.165, 1.54) is 0 Å². The molecule has 0 aliphatic heterocycles. The number of para-hydroxylation sites is 2. The molecule has 2 unspecified atom stereocenters. The number of nitrogens with zero attached hydrogens (tertiary/aromatic N) is 2. The highest BCUT2D eigenvalue weighted by Gasteiger charge is 2.25. The zero-order chi connectivity index (χ0) is 17.2. The molecule has 0 radical (unpaired) electrons. The predicted octanol–water partition coefficient (Wildman–Crippen LogP) is 3.48. The molecule has 128 valence electrons. The van der Waals surface area contributed by atoms with Gasteiger partial charge in [0.2, 0.25) is 5.91 Å². The molecule has 5 heteroatoms. The summed E-state index contributed by atoms with van der Waals surface area (Å²) in [7, 11) is 0. The van der Waals surface area contributed by atoms with E-state index >= 15 is 0 Å². The van der Waals surface area contributed by atoms with Gasteiger partial charge in [-0.05, 0) is 55.7 Å². The summed E-state index contributed by atoms with van der Waals surface area (Å²) < 4.78 is 2.04. The number of anilines is 1. The van der Waals surface area contributed by atoms with E-state index in [0.29, 0.717) is 0 Å². The van der Waals surface area contributed by atoms with Gasteiger partial charge in [0.25, 0.3) is 0 Å². The molecule has 3 N–H and O–H groups in total. The average Bonchev–Trinajstić information content (AvgIpc) is 3.06. The molecule has 25 heavy (non-hydrogen) atoms. The lowest BCUT2D eigenvalue weighted by Gasteiger charge is -2.25. The molecule has 0 spiro atoms. The number of hydrogen-bond donors (Lipinski definition) is 2. The van der Waals surface area contributed by atoms with Crippen LogP contribution in [0.4, 0.5) is 5.69 Å². The minimum atomic E-state index is 0.0287. The minimum absolute atomic E-state index is 0.0287. The van der Waals surface area contributed by atoms with Crippen molar-refractivity contribution in [1.82, 2.24) is 9.55 Å². The number of carbonyl (C=O) groups excluding carboxylic acids is 1. The molecule has 1 aliphatic rings. The SMILES string of the molecule is NC1CCCC(C(=O)Nc2ccc(-n3cnc4ccccc43)cc2)C1. The van der Waals surface area contributed by atoms with Crippen LogP contribution in [0.15, 0.2) is 54.9 Å². The Labute approximate surface area is 146 Å². The molecule has 0 bridgehead atoms. The molecular formula is C20H22N4O. The number of amides is 1. The Morgan fingerprint density at radius 1 is 1.12 bits per heavy atom. The van der Waals surface area contributed by atoms with Gasteiger partial charge in [0.05, 0.1) is 11.0 Å². The molecule has 5 nitrogen and oxygen atoms in total. The minimum Gasteiger partial charge on any atom is -0.328 e. The highest BCUT2D eigenvalue weighted by Crippen LogP contribution is 2.25. The number of imidazole rings is 1. The van der Waals surface area contributed by atoms with Crippen LogP contribution in [0.3, 0.4) is 0 Å². The average molecular weight is 334 g/mol. The Balaban J connectivity index is 1.49. The van der Waals surface area contributed by atoms with E-state index in [1.54, 1.807) is 0 Å². The summed E-state index contributed by atoms with van der Waals surface area (Å²) in [6, 6.07) is 16.0. The fourth-order valence-corrected chi connectivity index (χ4v) is 3.58. The highest BCUT2D eigenvalue weighted by atomic mass is 16.1. The number of fused-ring (bicyclic) bond motifs is 1. The molecule has 2 aromatic carbocycles. The Morgan fingerprint density at radius 2 is 1.92 bits per heavy atom. The normalized spacial score (nSPS) is 20.5. The zero-order valence-electron chi connectivity index (χ0n) is 14.1. The van der Waals surface area contributed by atoms with Gasteiger partial charge in [0, 0.05) is 23.3 Å². The maximum Gasteiger partial charge on any atom is 0.227 e.